The third-order valence-corrected chi connectivity index (χ3v) is 4.75. The van der Waals surface area contributed by atoms with Gasteiger partial charge in [0.25, 0.3) is 0 Å². The van der Waals surface area contributed by atoms with Gasteiger partial charge in [-0.2, -0.15) is 0 Å². The summed E-state index contributed by atoms with van der Waals surface area (Å²) in [6.45, 7) is 6.57. The molecule has 2 aromatic rings. The minimum absolute atomic E-state index is 0.0213. The van der Waals surface area contributed by atoms with Crippen LogP contribution in [0, 0.1) is 0 Å². The van der Waals surface area contributed by atoms with Crippen LogP contribution in [0.4, 0.5) is 11.4 Å². The van der Waals surface area contributed by atoms with Gasteiger partial charge in [0.05, 0.1) is 0 Å². The van der Waals surface area contributed by atoms with Crippen LogP contribution in [0.1, 0.15) is 50.3 Å². The number of carbonyl (C=O) groups is 2. The van der Waals surface area contributed by atoms with E-state index in [-0.39, 0.29) is 17.2 Å². The number of fused-ring (bicyclic) bond motifs is 1. The highest BCUT2D eigenvalue weighted by Gasteiger charge is 2.16. The first kappa shape index (κ1) is 18.2. The van der Waals surface area contributed by atoms with Crippen LogP contribution in [-0.4, -0.2) is 11.8 Å². The van der Waals surface area contributed by atoms with Crippen molar-refractivity contribution in [3.8, 4) is 0 Å². The molecule has 2 N–H and O–H groups in total. The van der Waals surface area contributed by atoms with E-state index in [1.54, 1.807) is 0 Å². The Labute approximate surface area is 155 Å². The predicted molar refractivity (Wildman–Crippen MR) is 105 cm³/mol. The minimum Gasteiger partial charge on any atom is -0.326 e. The van der Waals surface area contributed by atoms with Crippen LogP contribution in [0.5, 0.6) is 0 Å². The van der Waals surface area contributed by atoms with E-state index in [0.717, 1.165) is 28.9 Å². The van der Waals surface area contributed by atoms with Crippen molar-refractivity contribution in [3.63, 3.8) is 0 Å². The highest BCUT2D eigenvalue weighted by atomic mass is 16.2. The summed E-state index contributed by atoms with van der Waals surface area (Å²) in [7, 11) is 0. The molecule has 0 atom stereocenters. The van der Waals surface area contributed by atoms with Gasteiger partial charge >= 0.3 is 0 Å². The molecule has 0 saturated heterocycles. The third-order valence-electron chi connectivity index (χ3n) is 4.75. The maximum absolute atomic E-state index is 12.2. The average molecular weight is 350 g/mol. The van der Waals surface area contributed by atoms with Gasteiger partial charge in [0.15, 0.2) is 0 Å². The fourth-order valence-corrected chi connectivity index (χ4v) is 3.10. The summed E-state index contributed by atoms with van der Waals surface area (Å²) in [5, 5.41) is 5.78. The van der Waals surface area contributed by atoms with Crippen molar-refractivity contribution in [3.05, 3.63) is 59.2 Å². The number of rotatable bonds is 4. The van der Waals surface area contributed by atoms with Crippen molar-refractivity contribution in [2.45, 2.75) is 51.9 Å². The predicted octanol–water partition coefficient (Wildman–Crippen LogP) is 4.44. The van der Waals surface area contributed by atoms with E-state index in [2.05, 4.69) is 55.7 Å². The molecule has 0 saturated carbocycles. The summed E-state index contributed by atoms with van der Waals surface area (Å²) in [6.07, 6.45) is 2.41. The highest BCUT2D eigenvalue weighted by Crippen LogP contribution is 2.26. The van der Waals surface area contributed by atoms with Crippen LogP contribution in [0.15, 0.2) is 42.5 Å². The summed E-state index contributed by atoms with van der Waals surface area (Å²) >= 11 is 0. The fourth-order valence-electron chi connectivity index (χ4n) is 3.10. The van der Waals surface area contributed by atoms with Gasteiger partial charge in [0.1, 0.15) is 0 Å². The minimum atomic E-state index is -0.0213. The van der Waals surface area contributed by atoms with Crippen molar-refractivity contribution >= 4 is 23.2 Å². The monoisotopic (exact) mass is 350 g/mol. The lowest BCUT2D eigenvalue weighted by atomic mass is 9.86. The van der Waals surface area contributed by atoms with Gasteiger partial charge in [0, 0.05) is 24.2 Å². The smallest absolute Gasteiger partial charge is 0.224 e. The molecule has 0 spiro atoms. The number of hydrogen-bond acceptors (Lipinski definition) is 2. The Morgan fingerprint density at radius 2 is 1.81 bits per heavy atom. The summed E-state index contributed by atoms with van der Waals surface area (Å²) in [5.74, 6) is 0.00617. The molecule has 2 aromatic carbocycles. The van der Waals surface area contributed by atoms with Gasteiger partial charge in [0.2, 0.25) is 11.8 Å². The Hall–Kier alpha value is -2.62. The lowest BCUT2D eigenvalue weighted by Crippen LogP contribution is -2.19. The molecule has 0 aliphatic carbocycles. The van der Waals surface area contributed by atoms with Crippen LogP contribution in [0.2, 0.25) is 0 Å². The zero-order valence-electron chi connectivity index (χ0n) is 15.7. The molecule has 136 valence electrons. The van der Waals surface area contributed by atoms with Gasteiger partial charge in [-0.25, -0.2) is 0 Å². The van der Waals surface area contributed by atoms with E-state index < -0.39 is 0 Å². The molecule has 3 rings (SSSR count). The highest BCUT2D eigenvalue weighted by molar-refractivity contribution is 5.96. The largest absolute Gasteiger partial charge is 0.326 e. The number of nitrogens with one attached hydrogen (secondary N) is 2. The van der Waals surface area contributed by atoms with E-state index >= 15 is 0 Å². The standard InChI is InChI=1S/C22H26N2O2/c1-22(2,3)17-9-4-15(5-10-17)6-12-20(25)23-18-11-7-16-8-13-21(26)24-19(16)14-18/h4-5,7,9-11,14H,6,8,12-13H2,1-3H3,(H,23,25)(H,24,26). The number of aryl methyl sites for hydroxylation is 2. The third kappa shape index (κ3) is 4.51. The molecule has 2 amide bonds. The van der Waals surface area contributed by atoms with Crippen molar-refractivity contribution < 1.29 is 9.59 Å². The first-order valence-corrected chi connectivity index (χ1v) is 9.13. The summed E-state index contributed by atoms with van der Waals surface area (Å²) in [6, 6.07) is 14.2. The Balaban J connectivity index is 1.56. The van der Waals surface area contributed by atoms with E-state index in [9.17, 15) is 9.59 Å². The van der Waals surface area contributed by atoms with Crippen LogP contribution in [0.25, 0.3) is 0 Å². The number of hydrogen-bond donors (Lipinski definition) is 2. The van der Waals surface area contributed by atoms with Crippen molar-refractivity contribution in [1.29, 1.82) is 0 Å². The van der Waals surface area contributed by atoms with Crippen LogP contribution < -0.4 is 10.6 Å². The number of anilines is 2. The molecule has 0 radical (unpaired) electrons. The molecule has 0 unspecified atom stereocenters. The summed E-state index contributed by atoms with van der Waals surface area (Å²) in [4.78, 5) is 23.8. The Morgan fingerprint density at radius 1 is 1.08 bits per heavy atom. The zero-order valence-corrected chi connectivity index (χ0v) is 15.7. The molecular formula is C22H26N2O2. The molecule has 1 aliphatic heterocycles. The summed E-state index contributed by atoms with van der Waals surface area (Å²) in [5.41, 5.74) is 5.22. The van der Waals surface area contributed by atoms with Gasteiger partial charge in [-0.15, -0.1) is 0 Å². The Kier molecular flexibility index (Phi) is 5.12. The van der Waals surface area contributed by atoms with Crippen molar-refractivity contribution in [2.75, 3.05) is 10.6 Å². The van der Waals surface area contributed by atoms with Crippen molar-refractivity contribution in [2.24, 2.45) is 0 Å². The van der Waals surface area contributed by atoms with Gasteiger partial charge in [-0.1, -0.05) is 51.1 Å². The molecule has 0 aromatic heterocycles. The van der Waals surface area contributed by atoms with Crippen molar-refractivity contribution in [1.82, 2.24) is 0 Å². The Morgan fingerprint density at radius 3 is 2.50 bits per heavy atom. The molecule has 26 heavy (non-hydrogen) atoms. The van der Waals surface area contributed by atoms with Gasteiger partial charge in [-0.3, -0.25) is 9.59 Å². The second kappa shape index (κ2) is 7.32. The first-order valence-electron chi connectivity index (χ1n) is 9.13. The maximum atomic E-state index is 12.2. The molecule has 1 aliphatic rings. The van der Waals surface area contributed by atoms with E-state index in [1.165, 1.54) is 5.56 Å². The quantitative estimate of drug-likeness (QED) is 0.856. The van der Waals surface area contributed by atoms with Crippen LogP contribution >= 0.6 is 0 Å². The van der Waals surface area contributed by atoms with E-state index in [0.29, 0.717) is 19.3 Å². The van der Waals surface area contributed by atoms with Gasteiger partial charge in [-0.05, 0) is 47.1 Å². The molecule has 0 fully saturated rings. The molecule has 1 heterocycles. The molecule has 4 heteroatoms. The number of benzene rings is 2. The number of amides is 2. The van der Waals surface area contributed by atoms with Crippen LogP contribution in [-0.2, 0) is 27.8 Å². The van der Waals surface area contributed by atoms with Gasteiger partial charge < -0.3 is 10.6 Å². The maximum Gasteiger partial charge on any atom is 0.224 e. The molecular weight excluding hydrogens is 324 g/mol. The lowest BCUT2D eigenvalue weighted by Gasteiger charge is -2.19. The van der Waals surface area contributed by atoms with Crippen LogP contribution in [0.3, 0.4) is 0 Å². The lowest BCUT2D eigenvalue weighted by molar-refractivity contribution is -0.117. The van der Waals surface area contributed by atoms with E-state index in [4.69, 9.17) is 0 Å². The SMILES string of the molecule is CC(C)(C)c1ccc(CCC(=O)Nc2ccc3c(c2)NC(=O)CC3)cc1. The first-order chi connectivity index (χ1) is 12.3. The number of carbonyl (C=O) groups excluding carboxylic acids is 2. The Bertz CT molecular complexity index is 817. The van der Waals surface area contributed by atoms with E-state index in [1.807, 2.05) is 18.2 Å². The molecule has 0 bridgehead atoms. The molecule has 4 nitrogen and oxygen atoms in total. The summed E-state index contributed by atoms with van der Waals surface area (Å²) < 4.78 is 0. The topological polar surface area (TPSA) is 58.2 Å². The average Bonchev–Trinajstić information content (AvgIpc) is 2.59. The zero-order chi connectivity index (χ0) is 18.7. The fraction of sp³-hybridized carbons (Fsp3) is 0.364. The second-order valence-corrected chi connectivity index (χ2v) is 7.92. The second-order valence-electron chi connectivity index (χ2n) is 7.92. The normalized spacial score (nSPS) is 13.7.